The summed E-state index contributed by atoms with van der Waals surface area (Å²) in [7, 11) is 0. The molecule has 0 aromatic carbocycles. The summed E-state index contributed by atoms with van der Waals surface area (Å²) in [5, 5.41) is 4.02. The van der Waals surface area contributed by atoms with Crippen molar-refractivity contribution in [1.82, 2.24) is 9.78 Å². The highest BCUT2D eigenvalue weighted by Crippen LogP contribution is 2.09. The first-order valence-electron chi connectivity index (χ1n) is 6.15. The Labute approximate surface area is 107 Å². The van der Waals surface area contributed by atoms with E-state index in [9.17, 15) is 9.59 Å². The molecule has 100 valence electrons. The van der Waals surface area contributed by atoms with E-state index in [1.807, 2.05) is 6.92 Å². The van der Waals surface area contributed by atoms with Gasteiger partial charge in [-0.25, -0.2) is 9.48 Å². The van der Waals surface area contributed by atoms with Crippen LogP contribution in [-0.2, 0) is 11.3 Å². The van der Waals surface area contributed by atoms with Crippen LogP contribution < -0.4 is 5.56 Å². The molecule has 0 amide bonds. The lowest BCUT2D eigenvalue weighted by atomic mass is 10.2. The predicted molar refractivity (Wildman–Crippen MR) is 68.6 cm³/mol. The molecule has 0 saturated carbocycles. The van der Waals surface area contributed by atoms with E-state index in [1.165, 1.54) is 16.8 Å². The van der Waals surface area contributed by atoms with Crippen molar-refractivity contribution in [2.45, 2.75) is 52.7 Å². The molecule has 1 heterocycles. The van der Waals surface area contributed by atoms with E-state index in [0.717, 1.165) is 12.8 Å². The van der Waals surface area contributed by atoms with Gasteiger partial charge < -0.3 is 4.74 Å². The van der Waals surface area contributed by atoms with Crippen molar-refractivity contribution in [1.29, 1.82) is 0 Å². The van der Waals surface area contributed by atoms with Gasteiger partial charge in [0.25, 0.3) is 5.56 Å². The summed E-state index contributed by atoms with van der Waals surface area (Å²) in [6.45, 7) is 7.92. The normalized spacial score (nSPS) is 11.3. The molecular weight excluding hydrogens is 232 g/mol. The first-order valence-corrected chi connectivity index (χ1v) is 6.15. The number of hydrogen-bond acceptors (Lipinski definition) is 4. The van der Waals surface area contributed by atoms with Gasteiger partial charge >= 0.3 is 5.97 Å². The number of hydrogen-bond donors (Lipinski definition) is 0. The molecular formula is C13H20N2O3. The topological polar surface area (TPSA) is 61.2 Å². The van der Waals surface area contributed by atoms with Gasteiger partial charge in [-0.05, 0) is 33.3 Å². The Balaban J connectivity index is 2.90. The molecule has 0 aliphatic heterocycles. The zero-order valence-electron chi connectivity index (χ0n) is 11.4. The minimum Gasteiger partial charge on any atom is -0.455 e. The van der Waals surface area contributed by atoms with Crippen molar-refractivity contribution in [2.24, 2.45) is 0 Å². The second kappa shape index (κ2) is 5.80. The van der Waals surface area contributed by atoms with Crippen molar-refractivity contribution in [3.63, 3.8) is 0 Å². The Hall–Kier alpha value is -1.65. The second-order valence-electron chi connectivity index (χ2n) is 5.14. The average Bonchev–Trinajstić information content (AvgIpc) is 2.25. The number of ether oxygens (including phenoxy) is 1. The third-order valence-corrected chi connectivity index (χ3v) is 2.20. The van der Waals surface area contributed by atoms with Gasteiger partial charge in [-0.3, -0.25) is 4.79 Å². The van der Waals surface area contributed by atoms with Gasteiger partial charge in [0.05, 0.1) is 0 Å². The molecule has 0 spiro atoms. The number of rotatable bonds is 4. The Kier molecular flexibility index (Phi) is 4.64. The standard InChI is InChI=1S/C13H20N2O3/c1-5-6-9-15-11(16)8-7-10(14-15)12(17)18-13(2,3)4/h7-8H,5-6,9H2,1-4H3. The maximum absolute atomic E-state index is 11.8. The van der Waals surface area contributed by atoms with Crippen LogP contribution in [0.1, 0.15) is 51.0 Å². The molecule has 0 saturated heterocycles. The van der Waals surface area contributed by atoms with Crippen LogP contribution >= 0.6 is 0 Å². The number of nitrogens with zero attached hydrogens (tertiary/aromatic N) is 2. The highest BCUT2D eigenvalue weighted by Gasteiger charge is 2.19. The molecule has 18 heavy (non-hydrogen) atoms. The molecule has 0 fully saturated rings. The zero-order valence-corrected chi connectivity index (χ0v) is 11.4. The van der Waals surface area contributed by atoms with Crippen LogP contribution in [0.3, 0.4) is 0 Å². The molecule has 0 unspecified atom stereocenters. The summed E-state index contributed by atoms with van der Waals surface area (Å²) in [5.41, 5.74) is -0.597. The molecule has 1 aromatic rings. The van der Waals surface area contributed by atoms with E-state index in [0.29, 0.717) is 6.54 Å². The van der Waals surface area contributed by atoms with Crippen molar-refractivity contribution < 1.29 is 9.53 Å². The first-order chi connectivity index (χ1) is 8.33. The summed E-state index contributed by atoms with van der Waals surface area (Å²) in [6.07, 6.45) is 1.81. The van der Waals surface area contributed by atoms with Crippen LogP contribution in [0.15, 0.2) is 16.9 Å². The Bertz CT molecular complexity index is 472. The highest BCUT2D eigenvalue weighted by atomic mass is 16.6. The molecule has 0 bridgehead atoms. The van der Waals surface area contributed by atoms with E-state index in [2.05, 4.69) is 5.10 Å². The molecule has 0 N–H and O–H groups in total. The summed E-state index contributed by atoms with van der Waals surface area (Å²) >= 11 is 0. The SMILES string of the molecule is CCCCn1nc(C(=O)OC(C)(C)C)ccc1=O. The maximum Gasteiger partial charge on any atom is 0.359 e. The average molecular weight is 252 g/mol. The van der Waals surface area contributed by atoms with Gasteiger partial charge in [0.15, 0.2) is 5.69 Å². The molecule has 1 aromatic heterocycles. The molecule has 0 aliphatic rings. The van der Waals surface area contributed by atoms with Gasteiger partial charge in [-0.15, -0.1) is 0 Å². The summed E-state index contributed by atoms with van der Waals surface area (Å²) in [6, 6.07) is 2.75. The number of carbonyl (C=O) groups is 1. The van der Waals surface area contributed by atoms with Crippen LogP contribution in [0.4, 0.5) is 0 Å². The van der Waals surface area contributed by atoms with E-state index < -0.39 is 11.6 Å². The van der Waals surface area contributed by atoms with Crippen LogP contribution in [0.5, 0.6) is 0 Å². The molecule has 0 aliphatic carbocycles. The quantitative estimate of drug-likeness (QED) is 0.769. The largest absolute Gasteiger partial charge is 0.455 e. The summed E-state index contributed by atoms with van der Waals surface area (Å²) in [4.78, 5) is 23.3. The molecule has 5 heteroatoms. The van der Waals surface area contributed by atoms with Crippen LogP contribution in [0.2, 0.25) is 0 Å². The fourth-order valence-corrected chi connectivity index (χ4v) is 1.36. The third-order valence-electron chi connectivity index (χ3n) is 2.20. The van der Waals surface area contributed by atoms with Gasteiger partial charge in [0, 0.05) is 12.6 Å². The minimum atomic E-state index is -0.566. The molecule has 0 atom stereocenters. The van der Waals surface area contributed by atoms with Crippen molar-refractivity contribution in [3.8, 4) is 0 Å². The number of aryl methyl sites for hydroxylation is 1. The molecule has 5 nitrogen and oxygen atoms in total. The van der Waals surface area contributed by atoms with E-state index in [-0.39, 0.29) is 11.3 Å². The van der Waals surface area contributed by atoms with Gasteiger partial charge in [0.1, 0.15) is 5.60 Å². The third kappa shape index (κ3) is 4.31. The Morgan fingerprint density at radius 1 is 1.39 bits per heavy atom. The fraction of sp³-hybridized carbons (Fsp3) is 0.615. The highest BCUT2D eigenvalue weighted by molar-refractivity contribution is 5.87. The van der Waals surface area contributed by atoms with Gasteiger partial charge in [-0.2, -0.15) is 5.10 Å². The van der Waals surface area contributed by atoms with Crippen molar-refractivity contribution in [3.05, 3.63) is 28.2 Å². The summed E-state index contributed by atoms with van der Waals surface area (Å²) < 4.78 is 6.51. The first kappa shape index (κ1) is 14.4. The lowest BCUT2D eigenvalue weighted by Gasteiger charge is -2.19. The van der Waals surface area contributed by atoms with E-state index in [4.69, 9.17) is 4.74 Å². The second-order valence-corrected chi connectivity index (χ2v) is 5.14. The lowest BCUT2D eigenvalue weighted by Crippen LogP contribution is -2.28. The van der Waals surface area contributed by atoms with Crippen molar-refractivity contribution >= 4 is 5.97 Å². The van der Waals surface area contributed by atoms with Crippen LogP contribution in [-0.4, -0.2) is 21.4 Å². The van der Waals surface area contributed by atoms with E-state index in [1.54, 1.807) is 20.8 Å². The predicted octanol–water partition coefficient (Wildman–Crippen LogP) is 2.00. The lowest BCUT2D eigenvalue weighted by molar-refractivity contribution is 0.00599. The summed E-state index contributed by atoms with van der Waals surface area (Å²) in [5.74, 6) is -0.507. The molecule has 0 radical (unpaired) electrons. The zero-order chi connectivity index (χ0) is 13.8. The monoisotopic (exact) mass is 252 g/mol. The Morgan fingerprint density at radius 3 is 2.61 bits per heavy atom. The minimum absolute atomic E-state index is 0.167. The molecule has 1 rings (SSSR count). The van der Waals surface area contributed by atoms with Crippen LogP contribution in [0, 0.1) is 0 Å². The number of esters is 1. The van der Waals surface area contributed by atoms with Gasteiger partial charge in [-0.1, -0.05) is 13.3 Å². The number of carbonyl (C=O) groups excluding carboxylic acids is 1. The maximum atomic E-state index is 11.8. The van der Waals surface area contributed by atoms with Gasteiger partial charge in [0.2, 0.25) is 0 Å². The smallest absolute Gasteiger partial charge is 0.359 e. The number of aromatic nitrogens is 2. The van der Waals surface area contributed by atoms with E-state index >= 15 is 0 Å². The number of unbranched alkanes of at least 4 members (excludes halogenated alkanes) is 1. The fourth-order valence-electron chi connectivity index (χ4n) is 1.36. The van der Waals surface area contributed by atoms with Crippen LogP contribution in [0.25, 0.3) is 0 Å². The Morgan fingerprint density at radius 2 is 2.06 bits per heavy atom. The van der Waals surface area contributed by atoms with Crippen molar-refractivity contribution in [2.75, 3.05) is 0 Å².